The number of aromatic nitrogens is 1. The summed E-state index contributed by atoms with van der Waals surface area (Å²) in [6.45, 7) is 6.22. The molecule has 1 N–H and O–H groups in total. The zero-order valence-corrected chi connectivity index (χ0v) is 17.9. The summed E-state index contributed by atoms with van der Waals surface area (Å²) in [4.78, 5) is 27.4. The van der Waals surface area contributed by atoms with Gasteiger partial charge in [-0.15, -0.1) is 11.3 Å². The second-order valence-corrected chi connectivity index (χ2v) is 8.61. The maximum absolute atomic E-state index is 13.0. The van der Waals surface area contributed by atoms with Crippen LogP contribution in [0.1, 0.15) is 58.7 Å². The lowest BCUT2D eigenvalue weighted by atomic mass is 9.96. The van der Waals surface area contributed by atoms with Crippen LogP contribution in [0, 0.1) is 6.92 Å². The summed E-state index contributed by atoms with van der Waals surface area (Å²) >= 11 is 1.75. The van der Waals surface area contributed by atoms with E-state index in [0.717, 1.165) is 35.0 Å². The molecule has 1 aliphatic carbocycles. The van der Waals surface area contributed by atoms with Crippen LogP contribution >= 0.6 is 11.3 Å². The van der Waals surface area contributed by atoms with E-state index in [1.54, 1.807) is 18.3 Å². The van der Waals surface area contributed by atoms with E-state index in [-0.39, 0.29) is 5.91 Å². The van der Waals surface area contributed by atoms with Crippen LogP contribution < -0.4 is 5.32 Å². The molecule has 2 heterocycles. The topological polar surface area (TPSA) is 60.3 Å². The number of hydrogen-bond acceptors (Lipinski definition) is 4. The Bertz CT molecular complexity index is 1090. The second-order valence-electron chi connectivity index (χ2n) is 7.53. The molecular formula is C23H26N2O3S. The number of amides is 1. The van der Waals surface area contributed by atoms with Crippen molar-refractivity contribution in [3.8, 4) is 0 Å². The summed E-state index contributed by atoms with van der Waals surface area (Å²) in [5, 5.41) is 3.98. The average molecular weight is 411 g/mol. The zero-order chi connectivity index (χ0) is 20.5. The van der Waals surface area contributed by atoms with Crippen LogP contribution in [0.25, 0.3) is 10.2 Å². The van der Waals surface area contributed by atoms with Gasteiger partial charge in [-0.05, 0) is 56.2 Å². The van der Waals surface area contributed by atoms with E-state index < -0.39 is 5.97 Å². The maximum Gasteiger partial charge on any atom is 0.357 e. The number of esters is 1. The highest BCUT2D eigenvalue weighted by molar-refractivity contribution is 7.19. The zero-order valence-electron chi connectivity index (χ0n) is 17.1. The van der Waals surface area contributed by atoms with Gasteiger partial charge in [-0.25, -0.2) is 4.79 Å². The number of fused-ring (bicyclic) bond motifs is 3. The summed E-state index contributed by atoms with van der Waals surface area (Å²) in [6, 6.07) is 8.19. The molecule has 2 aromatic heterocycles. The first-order valence-corrected chi connectivity index (χ1v) is 11.0. The van der Waals surface area contributed by atoms with Gasteiger partial charge in [0.05, 0.1) is 12.3 Å². The van der Waals surface area contributed by atoms with Gasteiger partial charge < -0.3 is 14.6 Å². The van der Waals surface area contributed by atoms with Crippen molar-refractivity contribution in [3.63, 3.8) is 0 Å². The van der Waals surface area contributed by atoms with Crippen molar-refractivity contribution >= 4 is 39.1 Å². The molecular weight excluding hydrogens is 384 g/mol. The summed E-state index contributed by atoms with van der Waals surface area (Å²) < 4.78 is 7.44. The Balaban J connectivity index is 1.99. The number of benzene rings is 1. The highest BCUT2D eigenvalue weighted by atomic mass is 32.1. The Labute approximate surface area is 174 Å². The molecule has 152 valence electrons. The van der Waals surface area contributed by atoms with E-state index >= 15 is 0 Å². The molecule has 1 amide bonds. The van der Waals surface area contributed by atoms with Crippen LogP contribution in [0.4, 0.5) is 5.69 Å². The van der Waals surface area contributed by atoms with E-state index in [4.69, 9.17) is 4.74 Å². The number of hydrogen-bond donors (Lipinski definition) is 1. The number of nitrogens with one attached hydrogen (secondary N) is 1. The molecule has 0 atom stereocenters. The highest BCUT2D eigenvalue weighted by Gasteiger charge is 2.30. The van der Waals surface area contributed by atoms with Crippen LogP contribution in [-0.4, -0.2) is 23.1 Å². The minimum Gasteiger partial charge on any atom is -0.461 e. The molecule has 1 aliphatic rings. The second kappa shape index (κ2) is 8.03. The van der Waals surface area contributed by atoms with Crippen molar-refractivity contribution in [1.29, 1.82) is 0 Å². The molecule has 0 radical (unpaired) electrons. The van der Waals surface area contributed by atoms with Crippen molar-refractivity contribution in [2.24, 2.45) is 0 Å². The van der Waals surface area contributed by atoms with Gasteiger partial charge >= 0.3 is 5.97 Å². The molecule has 0 bridgehead atoms. The van der Waals surface area contributed by atoms with Crippen molar-refractivity contribution in [2.75, 3.05) is 11.9 Å². The van der Waals surface area contributed by atoms with Crippen LogP contribution in [-0.2, 0) is 28.9 Å². The fraction of sp³-hybridized carbons (Fsp3) is 0.391. The van der Waals surface area contributed by atoms with Gasteiger partial charge in [0.2, 0.25) is 5.91 Å². The van der Waals surface area contributed by atoms with Crippen molar-refractivity contribution in [2.45, 2.75) is 53.0 Å². The van der Waals surface area contributed by atoms with Gasteiger partial charge in [0.25, 0.3) is 0 Å². The molecule has 0 aliphatic heterocycles. The molecule has 0 unspecified atom stereocenters. The highest BCUT2D eigenvalue weighted by Crippen LogP contribution is 2.44. The molecule has 0 saturated carbocycles. The molecule has 3 aromatic rings. The average Bonchev–Trinajstić information content (AvgIpc) is 3.19. The van der Waals surface area contributed by atoms with Crippen molar-refractivity contribution in [3.05, 3.63) is 51.5 Å². The predicted molar refractivity (Wildman–Crippen MR) is 117 cm³/mol. The molecule has 5 nitrogen and oxygen atoms in total. The Hall–Kier alpha value is -2.60. The normalized spacial score (nSPS) is 13.3. The van der Waals surface area contributed by atoms with E-state index in [1.807, 2.05) is 16.7 Å². The van der Waals surface area contributed by atoms with Gasteiger partial charge in [0.15, 0.2) is 5.69 Å². The van der Waals surface area contributed by atoms with Gasteiger partial charge in [0, 0.05) is 23.7 Å². The lowest BCUT2D eigenvalue weighted by Gasteiger charge is -2.14. The van der Waals surface area contributed by atoms with Crippen LogP contribution in [0.5, 0.6) is 0 Å². The third-order valence-corrected chi connectivity index (χ3v) is 6.83. The van der Waals surface area contributed by atoms with Crippen LogP contribution in [0.2, 0.25) is 0 Å². The molecule has 1 aromatic carbocycles. The fourth-order valence-electron chi connectivity index (χ4n) is 4.17. The number of rotatable bonds is 5. The standard InChI is InChI=1S/C23H26N2O3S/c1-4-28-23(27)21-20(24-15(3)26)19-17-11-7-8-12-18(17)29-22(19)25(21)13-16-10-6-5-9-14(16)2/h5-6,9-10H,4,7-8,11-13H2,1-3H3,(H,24,26). The van der Waals surface area contributed by atoms with E-state index in [0.29, 0.717) is 24.5 Å². The maximum atomic E-state index is 13.0. The summed E-state index contributed by atoms with van der Waals surface area (Å²) in [6.07, 6.45) is 4.37. The molecule has 0 spiro atoms. The number of ether oxygens (including phenoxy) is 1. The lowest BCUT2D eigenvalue weighted by Crippen LogP contribution is -2.17. The summed E-state index contributed by atoms with van der Waals surface area (Å²) in [7, 11) is 0. The summed E-state index contributed by atoms with van der Waals surface area (Å²) in [5.41, 5.74) is 4.66. The first-order chi connectivity index (χ1) is 14.0. The SMILES string of the molecule is CCOC(=O)c1c(NC(C)=O)c2c3c(sc2n1Cc1ccccc1C)CCCC3. The number of aryl methyl sites for hydroxylation is 3. The Morgan fingerprint density at radius 2 is 1.97 bits per heavy atom. The van der Waals surface area contributed by atoms with Gasteiger partial charge in [-0.2, -0.15) is 0 Å². The summed E-state index contributed by atoms with van der Waals surface area (Å²) in [5.74, 6) is -0.570. The lowest BCUT2D eigenvalue weighted by molar-refractivity contribution is -0.114. The minimum atomic E-state index is -0.391. The van der Waals surface area contributed by atoms with E-state index in [1.165, 1.54) is 29.3 Å². The fourth-order valence-corrected chi connectivity index (χ4v) is 5.57. The number of thiophene rings is 1. The number of carbonyl (C=O) groups excluding carboxylic acids is 2. The van der Waals surface area contributed by atoms with Crippen molar-refractivity contribution in [1.82, 2.24) is 4.57 Å². The number of anilines is 1. The third kappa shape index (κ3) is 3.57. The van der Waals surface area contributed by atoms with Crippen LogP contribution in [0.15, 0.2) is 24.3 Å². The quantitative estimate of drug-likeness (QED) is 0.597. The molecule has 4 rings (SSSR count). The Morgan fingerprint density at radius 3 is 2.69 bits per heavy atom. The Kier molecular flexibility index (Phi) is 5.46. The van der Waals surface area contributed by atoms with E-state index in [2.05, 4.69) is 24.4 Å². The van der Waals surface area contributed by atoms with Gasteiger partial charge in [0.1, 0.15) is 4.83 Å². The third-order valence-electron chi connectivity index (χ3n) is 5.51. The predicted octanol–water partition coefficient (Wildman–Crippen LogP) is 5.07. The van der Waals surface area contributed by atoms with Crippen molar-refractivity contribution < 1.29 is 14.3 Å². The molecule has 29 heavy (non-hydrogen) atoms. The first-order valence-electron chi connectivity index (χ1n) is 10.2. The molecule has 0 fully saturated rings. The molecule has 0 saturated heterocycles. The van der Waals surface area contributed by atoms with E-state index in [9.17, 15) is 9.59 Å². The number of nitrogens with zero attached hydrogens (tertiary/aromatic N) is 1. The monoisotopic (exact) mass is 410 g/mol. The first kappa shape index (κ1) is 19.7. The molecule has 6 heteroatoms. The Morgan fingerprint density at radius 1 is 1.21 bits per heavy atom. The minimum absolute atomic E-state index is 0.179. The van der Waals surface area contributed by atoms with Crippen LogP contribution in [0.3, 0.4) is 0 Å². The number of carbonyl (C=O) groups is 2. The largest absolute Gasteiger partial charge is 0.461 e. The van der Waals surface area contributed by atoms with Gasteiger partial charge in [-0.1, -0.05) is 24.3 Å². The van der Waals surface area contributed by atoms with Gasteiger partial charge in [-0.3, -0.25) is 4.79 Å². The smallest absolute Gasteiger partial charge is 0.357 e.